The Labute approximate surface area is 261 Å². The number of aliphatic hydroxyl groups is 1. The van der Waals surface area contributed by atoms with Crippen molar-refractivity contribution in [2.75, 3.05) is 62.7 Å². The zero-order chi connectivity index (χ0) is 31.5. The number of aryl methyl sites for hydroxylation is 1. The predicted octanol–water partition coefficient (Wildman–Crippen LogP) is 2.68. The molecule has 6 rings (SSSR count). The second-order valence-corrected chi connectivity index (χ2v) is 11.7. The van der Waals surface area contributed by atoms with Gasteiger partial charge in [0.25, 0.3) is 5.91 Å². The number of carbonyl (C=O) groups excluding carboxylic acids is 1. The molecule has 3 fully saturated rings. The molecule has 12 nitrogen and oxygen atoms in total. The number of hydrogen-bond donors (Lipinski definition) is 2. The number of benzene rings is 2. The summed E-state index contributed by atoms with van der Waals surface area (Å²) in [4.78, 5) is 31.4. The summed E-state index contributed by atoms with van der Waals surface area (Å²) in [6.45, 7) is 8.93. The fraction of sp³-hybridized carbons (Fsp3) is 0.469. The molecule has 3 aromatic rings. The number of likely N-dealkylation sites (tertiary alicyclic amines) is 1. The Morgan fingerprint density at radius 1 is 1.16 bits per heavy atom. The molecule has 236 valence electrons. The number of carbonyl (C=O) groups is 1. The van der Waals surface area contributed by atoms with Gasteiger partial charge in [-0.25, -0.2) is 14.4 Å². The molecule has 0 radical (unpaired) electrons. The van der Waals surface area contributed by atoms with E-state index in [4.69, 9.17) is 9.47 Å². The average Bonchev–Trinajstić information content (AvgIpc) is 3.02. The molecule has 2 aromatic carbocycles. The van der Waals surface area contributed by atoms with Gasteiger partial charge in [-0.15, -0.1) is 0 Å². The molecule has 3 aliphatic heterocycles. The molecule has 2 N–H and O–H groups in total. The van der Waals surface area contributed by atoms with E-state index in [9.17, 15) is 19.6 Å². The van der Waals surface area contributed by atoms with Crippen LogP contribution in [0.15, 0.2) is 42.7 Å². The van der Waals surface area contributed by atoms with Crippen molar-refractivity contribution in [2.45, 2.75) is 44.7 Å². The molecule has 0 saturated carbocycles. The van der Waals surface area contributed by atoms with Crippen molar-refractivity contribution in [3.05, 3.63) is 53.9 Å². The number of nitrogens with zero attached hydrogens (tertiary/aromatic N) is 7. The normalized spacial score (nSPS) is 21.5. The quantitative estimate of drug-likeness (QED) is 0.386. The first kappa shape index (κ1) is 30.6. The van der Waals surface area contributed by atoms with Crippen molar-refractivity contribution in [3.63, 3.8) is 0 Å². The fourth-order valence-electron chi connectivity index (χ4n) is 5.93. The summed E-state index contributed by atoms with van der Waals surface area (Å²) in [7, 11) is 0. The lowest BCUT2D eigenvalue weighted by molar-refractivity contribution is -0.143. The molecule has 13 heteroatoms. The van der Waals surface area contributed by atoms with Crippen LogP contribution in [0.1, 0.15) is 24.5 Å². The number of piperidine rings is 1. The molecule has 3 aliphatic rings. The van der Waals surface area contributed by atoms with Crippen molar-refractivity contribution in [1.29, 1.82) is 5.26 Å². The number of nitriles is 1. The van der Waals surface area contributed by atoms with E-state index in [1.165, 1.54) is 23.8 Å². The second-order valence-electron chi connectivity index (χ2n) is 11.7. The minimum absolute atomic E-state index is 0.176. The SMILES string of the molecule is Cc1cc(-c2ncnc(Nc3ccc(N4CCN(C5COC5)CC4)cc3)n2)cc(C#N)c1OC1CCN(C(=O)[C@H](C)O)CC1F. The van der Waals surface area contributed by atoms with Crippen molar-refractivity contribution in [1.82, 2.24) is 24.8 Å². The van der Waals surface area contributed by atoms with E-state index in [-0.39, 0.29) is 30.8 Å². The third-order valence-electron chi connectivity index (χ3n) is 8.58. The second kappa shape index (κ2) is 13.3. The Bertz CT molecular complexity index is 1550. The van der Waals surface area contributed by atoms with Crippen LogP contribution in [0.4, 0.5) is 21.7 Å². The number of anilines is 3. The first-order valence-corrected chi connectivity index (χ1v) is 15.2. The van der Waals surface area contributed by atoms with E-state index in [0.29, 0.717) is 28.9 Å². The fourth-order valence-corrected chi connectivity index (χ4v) is 5.93. The van der Waals surface area contributed by atoms with Crippen LogP contribution in [0.3, 0.4) is 0 Å². The average molecular weight is 617 g/mol. The highest BCUT2D eigenvalue weighted by Crippen LogP contribution is 2.32. The highest BCUT2D eigenvalue weighted by molar-refractivity contribution is 5.80. The van der Waals surface area contributed by atoms with Gasteiger partial charge in [0.15, 0.2) is 12.0 Å². The monoisotopic (exact) mass is 616 g/mol. The summed E-state index contributed by atoms with van der Waals surface area (Å²) in [6.07, 6.45) is -1.83. The number of aromatic nitrogens is 3. The minimum Gasteiger partial charge on any atom is -0.486 e. The van der Waals surface area contributed by atoms with E-state index in [0.717, 1.165) is 45.1 Å². The Morgan fingerprint density at radius 3 is 2.56 bits per heavy atom. The number of nitrogens with one attached hydrogen (secondary N) is 1. The zero-order valence-electron chi connectivity index (χ0n) is 25.4. The Hall–Kier alpha value is -4.38. The third-order valence-corrected chi connectivity index (χ3v) is 8.58. The maximum Gasteiger partial charge on any atom is 0.251 e. The van der Waals surface area contributed by atoms with Gasteiger partial charge < -0.3 is 29.7 Å². The van der Waals surface area contributed by atoms with Gasteiger partial charge in [-0.3, -0.25) is 9.69 Å². The van der Waals surface area contributed by atoms with E-state index in [2.05, 4.69) is 48.3 Å². The molecule has 2 unspecified atom stereocenters. The van der Waals surface area contributed by atoms with Gasteiger partial charge in [0.05, 0.1) is 31.4 Å². The van der Waals surface area contributed by atoms with Gasteiger partial charge >= 0.3 is 0 Å². The Balaban J connectivity index is 1.10. The highest BCUT2D eigenvalue weighted by atomic mass is 19.1. The number of alkyl halides is 1. The van der Waals surface area contributed by atoms with Gasteiger partial charge in [-0.05, 0) is 55.8 Å². The molecule has 0 spiro atoms. The number of halogens is 1. The number of aliphatic hydroxyl groups excluding tert-OH is 1. The highest BCUT2D eigenvalue weighted by Gasteiger charge is 2.35. The van der Waals surface area contributed by atoms with Crippen molar-refractivity contribution in [2.24, 2.45) is 0 Å². The van der Waals surface area contributed by atoms with Crippen LogP contribution in [0.25, 0.3) is 11.4 Å². The van der Waals surface area contributed by atoms with Crippen molar-refractivity contribution in [3.8, 4) is 23.2 Å². The van der Waals surface area contributed by atoms with Gasteiger partial charge in [-0.1, -0.05) is 0 Å². The lowest BCUT2D eigenvalue weighted by Gasteiger charge is -2.43. The van der Waals surface area contributed by atoms with Crippen LogP contribution in [-0.2, 0) is 9.53 Å². The molecule has 1 aromatic heterocycles. The Kier molecular flexibility index (Phi) is 9.07. The largest absolute Gasteiger partial charge is 0.486 e. The van der Waals surface area contributed by atoms with Gasteiger partial charge in [0.2, 0.25) is 5.95 Å². The molecule has 0 bridgehead atoms. The Morgan fingerprint density at radius 2 is 1.91 bits per heavy atom. The summed E-state index contributed by atoms with van der Waals surface area (Å²) in [5, 5.41) is 22.7. The first-order valence-electron chi connectivity index (χ1n) is 15.2. The maximum atomic E-state index is 15.0. The number of hydrogen-bond acceptors (Lipinski definition) is 11. The van der Waals surface area contributed by atoms with Crippen LogP contribution in [0.2, 0.25) is 0 Å². The lowest BCUT2D eigenvalue weighted by atomic mass is 10.0. The summed E-state index contributed by atoms with van der Waals surface area (Å²) in [5.41, 5.74) is 3.46. The number of piperazine rings is 1. The van der Waals surface area contributed by atoms with E-state index in [1.807, 2.05) is 12.1 Å². The molecular formula is C32H37FN8O4. The summed E-state index contributed by atoms with van der Waals surface area (Å²) in [5.74, 6) is 0.509. The van der Waals surface area contributed by atoms with Crippen LogP contribution >= 0.6 is 0 Å². The summed E-state index contributed by atoms with van der Waals surface area (Å²) >= 11 is 0. The molecule has 4 heterocycles. The number of amides is 1. The molecule has 0 aliphatic carbocycles. The molecule has 3 atom stereocenters. The molecule has 45 heavy (non-hydrogen) atoms. The molecule has 3 saturated heterocycles. The third kappa shape index (κ3) is 6.83. The smallest absolute Gasteiger partial charge is 0.251 e. The van der Waals surface area contributed by atoms with Crippen molar-refractivity contribution < 1.29 is 23.8 Å². The number of ether oxygens (including phenoxy) is 2. The summed E-state index contributed by atoms with van der Waals surface area (Å²) in [6, 6.07) is 14.3. The van der Waals surface area contributed by atoms with E-state index in [1.54, 1.807) is 19.1 Å². The predicted molar refractivity (Wildman–Crippen MR) is 165 cm³/mol. The van der Waals surface area contributed by atoms with Crippen LogP contribution in [0.5, 0.6) is 5.75 Å². The zero-order valence-corrected chi connectivity index (χ0v) is 25.4. The first-order chi connectivity index (χ1) is 21.8. The minimum atomic E-state index is -1.46. The maximum absolute atomic E-state index is 15.0. The van der Waals surface area contributed by atoms with Gasteiger partial charge in [0, 0.05) is 56.1 Å². The van der Waals surface area contributed by atoms with E-state index < -0.39 is 24.3 Å². The van der Waals surface area contributed by atoms with Crippen molar-refractivity contribution >= 4 is 23.2 Å². The standard InChI is InChI=1S/C32H37FN8O4/c1-20-13-22(14-23(15-34)29(20)45-28-7-8-41(16-27(28)33)31(43)21(2)42)30-35-19-36-32(38-30)37-24-3-5-25(6-4-24)39-9-11-40(12-10-39)26-17-44-18-26/h3-6,13-14,19,21,26-28,42H,7-12,16-18H2,1-2H3,(H,35,36,37,38)/t21-,27?,28?/m0/s1. The topological polar surface area (TPSA) is 140 Å². The molecular weight excluding hydrogens is 579 g/mol. The van der Waals surface area contributed by atoms with Crippen LogP contribution in [-0.4, -0.2) is 113 Å². The van der Waals surface area contributed by atoms with Gasteiger partial charge in [-0.2, -0.15) is 10.2 Å². The van der Waals surface area contributed by atoms with Crippen LogP contribution < -0.4 is 15.0 Å². The lowest BCUT2D eigenvalue weighted by Crippen LogP contribution is -2.56. The van der Waals surface area contributed by atoms with E-state index >= 15 is 0 Å². The van der Waals surface area contributed by atoms with Gasteiger partial charge in [0.1, 0.15) is 30.4 Å². The summed E-state index contributed by atoms with van der Waals surface area (Å²) < 4.78 is 26.3. The molecule has 1 amide bonds. The number of rotatable bonds is 8. The van der Waals surface area contributed by atoms with Crippen LogP contribution in [0, 0.1) is 18.3 Å².